The molecule has 1 aromatic heterocycles. The third kappa shape index (κ3) is 1.85. The minimum atomic E-state index is -0.317. The predicted octanol–water partition coefficient (Wildman–Crippen LogP) is 2.15. The molecule has 1 saturated heterocycles. The average Bonchev–Trinajstić information content (AvgIpc) is 2.73. The molecule has 1 aliphatic heterocycles. The van der Waals surface area contributed by atoms with Crippen LogP contribution in [0, 0.1) is 13.8 Å². The van der Waals surface area contributed by atoms with Crippen LogP contribution in [0.1, 0.15) is 34.3 Å². The van der Waals surface area contributed by atoms with Gasteiger partial charge in [-0.1, -0.05) is 0 Å². The summed E-state index contributed by atoms with van der Waals surface area (Å²) in [4.78, 5) is 2.54. The SMILES string of the molecule is Cc1cc(C(O)C2CCCN2)c(C)s1. The Morgan fingerprint density at radius 3 is 2.86 bits per heavy atom. The van der Waals surface area contributed by atoms with E-state index in [0.717, 1.165) is 18.5 Å². The Morgan fingerprint density at radius 1 is 1.57 bits per heavy atom. The first kappa shape index (κ1) is 10.1. The van der Waals surface area contributed by atoms with Crippen LogP contribution in [0.25, 0.3) is 0 Å². The molecule has 2 atom stereocenters. The summed E-state index contributed by atoms with van der Waals surface area (Å²) >= 11 is 1.77. The summed E-state index contributed by atoms with van der Waals surface area (Å²) < 4.78 is 0. The van der Waals surface area contributed by atoms with Crippen molar-refractivity contribution < 1.29 is 5.11 Å². The van der Waals surface area contributed by atoms with E-state index >= 15 is 0 Å². The van der Waals surface area contributed by atoms with Gasteiger partial charge < -0.3 is 10.4 Å². The quantitative estimate of drug-likeness (QED) is 0.785. The number of hydrogen-bond acceptors (Lipinski definition) is 3. The minimum absolute atomic E-state index is 0.266. The van der Waals surface area contributed by atoms with Gasteiger partial charge in [0.15, 0.2) is 0 Å². The van der Waals surface area contributed by atoms with Crippen molar-refractivity contribution in [1.29, 1.82) is 0 Å². The third-order valence-corrected chi connectivity index (χ3v) is 3.86. The van der Waals surface area contributed by atoms with Gasteiger partial charge in [-0.2, -0.15) is 0 Å². The number of aliphatic hydroxyl groups excluding tert-OH is 1. The van der Waals surface area contributed by atoms with E-state index in [9.17, 15) is 5.11 Å². The molecule has 2 nitrogen and oxygen atoms in total. The number of rotatable bonds is 2. The molecule has 2 rings (SSSR count). The maximum absolute atomic E-state index is 10.2. The van der Waals surface area contributed by atoms with Gasteiger partial charge in [0.2, 0.25) is 0 Å². The minimum Gasteiger partial charge on any atom is -0.387 e. The molecule has 1 fully saturated rings. The summed E-state index contributed by atoms with van der Waals surface area (Å²) in [5.41, 5.74) is 1.12. The van der Waals surface area contributed by atoms with E-state index in [0.29, 0.717) is 0 Å². The van der Waals surface area contributed by atoms with Crippen molar-refractivity contribution in [2.75, 3.05) is 6.54 Å². The standard InChI is InChI=1S/C11H17NOS/c1-7-6-9(8(2)14-7)11(13)10-4-3-5-12-10/h6,10-13H,3-5H2,1-2H3. The van der Waals surface area contributed by atoms with Crippen LogP contribution in [-0.4, -0.2) is 17.7 Å². The molecule has 0 bridgehead atoms. The Balaban J connectivity index is 2.17. The zero-order valence-electron chi connectivity index (χ0n) is 8.71. The third-order valence-electron chi connectivity index (χ3n) is 2.88. The van der Waals surface area contributed by atoms with Crippen molar-refractivity contribution in [2.45, 2.75) is 38.8 Å². The van der Waals surface area contributed by atoms with Gasteiger partial charge in [-0.25, -0.2) is 0 Å². The molecule has 0 radical (unpaired) electrons. The smallest absolute Gasteiger partial charge is 0.0953 e. The van der Waals surface area contributed by atoms with E-state index < -0.39 is 0 Å². The van der Waals surface area contributed by atoms with E-state index in [2.05, 4.69) is 25.2 Å². The Labute approximate surface area is 89.0 Å². The van der Waals surface area contributed by atoms with Gasteiger partial charge in [0.25, 0.3) is 0 Å². The van der Waals surface area contributed by atoms with Gasteiger partial charge in [-0.05, 0) is 44.9 Å². The van der Waals surface area contributed by atoms with Crippen molar-refractivity contribution in [3.63, 3.8) is 0 Å². The highest BCUT2D eigenvalue weighted by Crippen LogP contribution is 2.30. The van der Waals surface area contributed by atoms with Crippen molar-refractivity contribution >= 4 is 11.3 Å². The van der Waals surface area contributed by atoms with Crippen LogP contribution < -0.4 is 5.32 Å². The van der Waals surface area contributed by atoms with Crippen molar-refractivity contribution in [3.05, 3.63) is 21.4 Å². The molecule has 2 unspecified atom stereocenters. The highest BCUT2D eigenvalue weighted by molar-refractivity contribution is 7.12. The molecular weight excluding hydrogens is 194 g/mol. The second kappa shape index (κ2) is 4.01. The van der Waals surface area contributed by atoms with Crippen molar-refractivity contribution in [3.8, 4) is 0 Å². The molecular formula is C11H17NOS. The van der Waals surface area contributed by atoms with Crippen molar-refractivity contribution in [2.24, 2.45) is 0 Å². The van der Waals surface area contributed by atoms with E-state index in [1.54, 1.807) is 11.3 Å². The summed E-state index contributed by atoms with van der Waals surface area (Å²) in [7, 11) is 0. The maximum atomic E-state index is 10.2. The second-order valence-corrected chi connectivity index (χ2v) is 5.48. The van der Waals surface area contributed by atoms with Crippen LogP contribution >= 0.6 is 11.3 Å². The Bertz CT molecular complexity index is 315. The molecule has 0 aromatic carbocycles. The first-order valence-corrected chi connectivity index (χ1v) is 5.98. The number of aliphatic hydroxyl groups is 1. The van der Waals surface area contributed by atoms with Crippen LogP contribution in [0.5, 0.6) is 0 Å². The molecule has 3 heteroatoms. The van der Waals surface area contributed by atoms with Crippen LogP contribution in [0.4, 0.5) is 0 Å². The zero-order valence-corrected chi connectivity index (χ0v) is 9.53. The number of aryl methyl sites for hydroxylation is 2. The highest BCUT2D eigenvalue weighted by Gasteiger charge is 2.25. The lowest BCUT2D eigenvalue weighted by Crippen LogP contribution is -2.28. The fourth-order valence-electron chi connectivity index (χ4n) is 2.14. The fourth-order valence-corrected chi connectivity index (χ4v) is 3.11. The van der Waals surface area contributed by atoms with Gasteiger partial charge >= 0.3 is 0 Å². The van der Waals surface area contributed by atoms with Gasteiger partial charge in [0.1, 0.15) is 0 Å². The van der Waals surface area contributed by atoms with E-state index in [4.69, 9.17) is 0 Å². The zero-order chi connectivity index (χ0) is 10.1. The van der Waals surface area contributed by atoms with Gasteiger partial charge in [0, 0.05) is 15.8 Å². The van der Waals surface area contributed by atoms with E-state index in [-0.39, 0.29) is 12.1 Å². The molecule has 0 amide bonds. The summed E-state index contributed by atoms with van der Waals surface area (Å²) in [6.07, 6.45) is 1.96. The molecule has 1 aliphatic rings. The normalized spacial score (nSPS) is 24.1. The lowest BCUT2D eigenvalue weighted by atomic mass is 10.0. The molecule has 2 N–H and O–H groups in total. The average molecular weight is 211 g/mol. The Hall–Kier alpha value is -0.380. The van der Waals surface area contributed by atoms with Gasteiger partial charge in [0.05, 0.1) is 6.10 Å². The highest BCUT2D eigenvalue weighted by atomic mass is 32.1. The van der Waals surface area contributed by atoms with Gasteiger partial charge in [-0.3, -0.25) is 0 Å². The summed E-state index contributed by atoms with van der Waals surface area (Å²) in [5, 5.41) is 13.5. The van der Waals surface area contributed by atoms with E-state index in [1.165, 1.54) is 16.2 Å². The molecule has 2 heterocycles. The summed E-state index contributed by atoms with van der Waals surface area (Å²) in [5.74, 6) is 0. The molecule has 78 valence electrons. The predicted molar refractivity (Wildman–Crippen MR) is 59.8 cm³/mol. The second-order valence-electron chi connectivity index (χ2n) is 4.02. The lowest BCUT2D eigenvalue weighted by Gasteiger charge is -2.18. The Kier molecular flexibility index (Phi) is 2.91. The molecule has 0 saturated carbocycles. The molecule has 0 aliphatic carbocycles. The van der Waals surface area contributed by atoms with Crippen LogP contribution in [0.3, 0.4) is 0 Å². The summed E-state index contributed by atoms with van der Waals surface area (Å²) in [6.45, 7) is 5.23. The lowest BCUT2D eigenvalue weighted by molar-refractivity contribution is 0.137. The first-order valence-electron chi connectivity index (χ1n) is 5.17. The Morgan fingerprint density at radius 2 is 2.36 bits per heavy atom. The maximum Gasteiger partial charge on any atom is 0.0953 e. The van der Waals surface area contributed by atoms with Crippen LogP contribution in [0.15, 0.2) is 6.07 Å². The number of nitrogens with one attached hydrogen (secondary N) is 1. The first-order chi connectivity index (χ1) is 6.68. The topological polar surface area (TPSA) is 32.3 Å². The van der Waals surface area contributed by atoms with Crippen LogP contribution in [-0.2, 0) is 0 Å². The molecule has 0 spiro atoms. The van der Waals surface area contributed by atoms with Crippen LogP contribution in [0.2, 0.25) is 0 Å². The van der Waals surface area contributed by atoms with Gasteiger partial charge in [-0.15, -0.1) is 11.3 Å². The fraction of sp³-hybridized carbons (Fsp3) is 0.636. The largest absolute Gasteiger partial charge is 0.387 e. The van der Waals surface area contributed by atoms with Crippen molar-refractivity contribution in [1.82, 2.24) is 5.32 Å². The number of thiophene rings is 1. The molecule has 1 aromatic rings. The number of hydrogen-bond donors (Lipinski definition) is 2. The summed E-state index contributed by atoms with van der Waals surface area (Å²) in [6, 6.07) is 2.38. The monoisotopic (exact) mass is 211 g/mol. The van der Waals surface area contributed by atoms with E-state index in [1.807, 2.05) is 0 Å². The molecule has 14 heavy (non-hydrogen) atoms.